The Hall–Kier alpha value is -3.94. The molecule has 0 amide bonds. The highest BCUT2D eigenvalue weighted by Gasteiger charge is 2.56. The summed E-state index contributed by atoms with van der Waals surface area (Å²) >= 11 is 0. The maximum atomic E-state index is 14.0. The minimum atomic E-state index is -1.08. The normalized spacial score (nSPS) is 24.9. The van der Waals surface area contributed by atoms with Gasteiger partial charge in [-0.05, 0) is 12.1 Å². The summed E-state index contributed by atoms with van der Waals surface area (Å²) in [5.41, 5.74) is 0.166. The molecule has 3 aliphatic rings. The third-order valence-corrected chi connectivity index (χ3v) is 7.11. The molecule has 2 aromatic carbocycles. The second-order valence-corrected chi connectivity index (χ2v) is 8.95. The fourth-order valence-corrected chi connectivity index (χ4v) is 5.37. The number of esters is 2. The first-order valence-corrected chi connectivity index (χ1v) is 12.2. The van der Waals surface area contributed by atoms with Crippen molar-refractivity contribution in [3.05, 3.63) is 23.3 Å². The highest BCUT2D eigenvalue weighted by molar-refractivity contribution is 6.08. The molecule has 2 saturated heterocycles. The molecular formula is C27H30O13. The summed E-state index contributed by atoms with van der Waals surface area (Å²) in [6.07, 6.45) is -4.47. The van der Waals surface area contributed by atoms with Crippen LogP contribution < -0.4 is 28.4 Å². The Bertz CT molecular complexity index is 1320. The fourth-order valence-electron chi connectivity index (χ4n) is 5.37. The van der Waals surface area contributed by atoms with E-state index in [-0.39, 0.29) is 63.4 Å². The summed E-state index contributed by atoms with van der Waals surface area (Å²) < 4.78 is 63.0. The van der Waals surface area contributed by atoms with E-state index in [1.807, 2.05) is 0 Å². The van der Waals surface area contributed by atoms with Gasteiger partial charge in [-0.2, -0.15) is 0 Å². The number of ether oxygens (including phenoxy) is 11. The highest BCUT2D eigenvalue weighted by atomic mass is 16.7. The van der Waals surface area contributed by atoms with Gasteiger partial charge in [0, 0.05) is 18.2 Å². The van der Waals surface area contributed by atoms with Crippen LogP contribution in [0.5, 0.6) is 34.5 Å². The molecule has 2 fully saturated rings. The predicted molar refractivity (Wildman–Crippen MR) is 135 cm³/mol. The number of carbonyl (C=O) groups excluding carboxylic acids is 2. The van der Waals surface area contributed by atoms with Gasteiger partial charge < -0.3 is 52.1 Å². The molecule has 0 N–H and O–H groups in total. The van der Waals surface area contributed by atoms with E-state index >= 15 is 0 Å². The predicted octanol–water partition coefficient (Wildman–Crippen LogP) is 2.24. The lowest BCUT2D eigenvalue weighted by molar-refractivity contribution is -0.252. The number of rotatable bonds is 7. The van der Waals surface area contributed by atoms with Gasteiger partial charge in [-0.25, -0.2) is 9.59 Å². The molecule has 13 heteroatoms. The average Bonchev–Trinajstić information content (AvgIpc) is 3.26. The molecule has 0 spiro atoms. The monoisotopic (exact) mass is 562 g/mol. The van der Waals surface area contributed by atoms with Crippen LogP contribution in [0, 0.1) is 0 Å². The van der Waals surface area contributed by atoms with Crippen LogP contribution in [0.25, 0.3) is 11.1 Å². The summed E-state index contributed by atoms with van der Waals surface area (Å²) in [7, 11) is 9.84. The molecule has 5 atom stereocenters. The molecule has 40 heavy (non-hydrogen) atoms. The summed E-state index contributed by atoms with van der Waals surface area (Å²) in [5.74, 6) is -0.774. The molecule has 0 aromatic heterocycles. The van der Waals surface area contributed by atoms with Gasteiger partial charge in [0.2, 0.25) is 11.5 Å². The van der Waals surface area contributed by atoms with Gasteiger partial charge >= 0.3 is 11.9 Å². The first-order valence-electron chi connectivity index (χ1n) is 12.2. The van der Waals surface area contributed by atoms with Crippen molar-refractivity contribution >= 4 is 11.9 Å². The van der Waals surface area contributed by atoms with E-state index in [1.54, 1.807) is 0 Å². The second kappa shape index (κ2) is 10.9. The number of hydrogen-bond acceptors (Lipinski definition) is 13. The van der Waals surface area contributed by atoms with E-state index < -0.39 is 42.6 Å². The van der Waals surface area contributed by atoms with E-state index in [9.17, 15) is 9.59 Å². The number of carbonyl (C=O) groups is 2. The average molecular weight is 563 g/mol. The largest absolute Gasteiger partial charge is 0.493 e. The Kier molecular flexibility index (Phi) is 7.53. The summed E-state index contributed by atoms with van der Waals surface area (Å²) in [6, 6.07) is 2.85. The smallest absolute Gasteiger partial charge is 0.339 e. The van der Waals surface area contributed by atoms with Gasteiger partial charge in [0.05, 0.1) is 60.4 Å². The van der Waals surface area contributed by atoms with E-state index in [1.165, 1.54) is 61.9 Å². The topological polar surface area (TPSA) is 136 Å². The van der Waals surface area contributed by atoms with Gasteiger partial charge in [0.15, 0.2) is 41.5 Å². The van der Waals surface area contributed by atoms with Gasteiger partial charge in [0.1, 0.15) is 12.2 Å². The zero-order valence-corrected chi connectivity index (χ0v) is 23.1. The molecule has 3 heterocycles. The van der Waals surface area contributed by atoms with Crippen LogP contribution in [-0.4, -0.2) is 99.0 Å². The quantitative estimate of drug-likeness (QED) is 0.457. The first kappa shape index (κ1) is 27.6. The lowest BCUT2D eigenvalue weighted by Gasteiger charge is -2.38. The molecule has 13 nitrogen and oxygen atoms in total. The lowest BCUT2D eigenvalue weighted by Crippen LogP contribution is -2.56. The standard InChI is InChI=1S/C27H30O13/c1-30-13-8-11-16(21(34-5)18(13)32-3)17-12(9-14(31-2)19(33-4)22(17)35-6)26(29)40-24-23-20(39-25(11)28)15(10-37-23)38-27(24)36-7/h8-9,15,20,23-24,27H,10H2,1-7H3/t15?,20-,23?,24?,27+/m1/s1. The minimum Gasteiger partial charge on any atom is -0.493 e. The Morgan fingerprint density at radius 3 is 1.52 bits per heavy atom. The maximum absolute atomic E-state index is 14.0. The number of methoxy groups -OCH3 is 7. The van der Waals surface area contributed by atoms with Crippen LogP contribution in [0.1, 0.15) is 20.7 Å². The van der Waals surface area contributed by atoms with E-state index in [0.29, 0.717) is 0 Å². The van der Waals surface area contributed by atoms with Gasteiger partial charge in [0.25, 0.3) is 0 Å². The molecular weight excluding hydrogens is 532 g/mol. The van der Waals surface area contributed by atoms with Crippen LogP contribution >= 0.6 is 0 Å². The molecule has 4 bridgehead atoms. The summed E-state index contributed by atoms with van der Waals surface area (Å²) in [6.45, 7) is 0.105. The molecule has 216 valence electrons. The molecule has 3 aliphatic heterocycles. The van der Waals surface area contributed by atoms with Gasteiger partial charge in [-0.3, -0.25) is 0 Å². The van der Waals surface area contributed by atoms with Crippen molar-refractivity contribution in [2.75, 3.05) is 56.4 Å². The maximum Gasteiger partial charge on any atom is 0.339 e. The zero-order chi connectivity index (χ0) is 28.7. The van der Waals surface area contributed by atoms with Gasteiger partial charge in [-0.15, -0.1) is 0 Å². The molecule has 2 aromatic rings. The molecule has 0 saturated carbocycles. The van der Waals surface area contributed by atoms with E-state index in [4.69, 9.17) is 52.1 Å². The summed E-state index contributed by atoms with van der Waals surface area (Å²) in [5, 5.41) is 0. The lowest BCUT2D eigenvalue weighted by atomic mass is 9.91. The summed E-state index contributed by atoms with van der Waals surface area (Å²) in [4.78, 5) is 28.0. The molecule has 0 radical (unpaired) electrons. The van der Waals surface area contributed by atoms with Crippen molar-refractivity contribution in [3.8, 4) is 45.6 Å². The third kappa shape index (κ3) is 4.12. The number of benzene rings is 2. The van der Waals surface area contributed by atoms with Crippen molar-refractivity contribution in [3.63, 3.8) is 0 Å². The highest BCUT2D eigenvalue weighted by Crippen LogP contribution is 2.55. The van der Waals surface area contributed by atoms with Crippen LogP contribution in [0.3, 0.4) is 0 Å². The SMILES string of the molecule is COc1cc2c(c(OC)c1OC)-c1c(cc(OC)c(OC)c1OC)C(=O)O[C@@H]1C3COC1C(OC2=O)[C@@H](OC)O3. The zero-order valence-electron chi connectivity index (χ0n) is 23.1. The molecule has 0 aliphatic carbocycles. The van der Waals surface area contributed by atoms with E-state index in [0.717, 1.165) is 0 Å². The Balaban J connectivity index is 1.90. The van der Waals surface area contributed by atoms with Crippen molar-refractivity contribution in [1.29, 1.82) is 0 Å². The Morgan fingerprint density at radius 1 is 0.625 bits per heavy atom. The van der Waals surface area contributed by atoms with Crippen LogP contribution in [0.2, 0.25) is 0 Å². The van der Waals surface area contributed by atoms with Crippen molar-refractivity contribution in [1.82, 2.24) is 0 Å². The second-order valence-electron chi connectivity index (χ2n) is 8.95. The van der Waals surface area contributed by atoms with Crippen molar-refractivity contribution < 1.29 is 61.7 Å². The van der Waals surface area contributed by atoms with Crippen molar-refractivity contribution in [2.45, 2.75) is 30.7 Å². The number of hydrogen-bond donors (Lipinski definition) is 0. The van der Waals surface area contributed by atoms with Crippen molar-refractivity contribution in [2.24, 2.45) is 0 Å². The molecule has 5 rings (SSSR count). The van der Waals surface area contributed by atoms with Crippen LogP contribution in [-0.2, 0) is 23.7 Å². The Morgan fingerprint density at radius 2 is 1.10 bits per heavy atom. The number of fused-ring (bicyclic) bond motifs is 3. The first-order chi connectivity index (χ1) is 19.4. The van der Waals surface area contributed by atoms with Gasteiger partial charge in [-0.1, -0.05) is 0 Å². The fraction of sp³-hybridized carbons (Fsp3) is 0.481. The third-order valence-electron chi connectivity index (χ3n) is 7.11. The Labute approximate surface area is 230 Å². The van der Waals surface area contributed by atoms with Crippen LogP contribution in [0.4, 0.5) is 0 Å². The minimum absolute atomic E-state index is 0.0132. The molecule has 3 unspecified atom stereocenters. The van der Waals surface area contributed by atoms with E-state index in [2.05, 4.69) is 0 Å². The van der Waals surface area contributed by atoms with Crippen LogP contribution in [0.15, 0.2) is 12.1 Å².